The van der Waals surface area contributed by atoms with Crippen LogP contribution in [-0.4, -0.2) is 34.9 Å². The summed E-state index contributed by atoms with van der Waals surface area (Å²) in [4.78, 5) is 35.7. The average Bonchev–Trinajstić information content (AvgIpc) is 3.17. The zero-order valence-electron chi connectivity index (χ0n) is 18.4. The number of aromatic nitrogens is 2. The van der Waals surface area contributed by atoms with E-state index in [0.717, 1.165) is 28.2 Å². The quantitative estimate of drug-likeness (QED) is 0.427. The van der Waals surface area contributed by atoms with Crippen LogP contribution in [0.15, 0.2) is 59.1 Å². The van der Waals surface area contributed by atoms with Crippen molar-refractivity contribution in [2.45, 2.75) is 20.3 Å². The molecule has 1 aliphatic rings. The van der Waals surface area contributed by atoms with Crippen LogP contribution in [0.1, 0.15) is 19.2 Å². The zero-order chi connectivity index (χ0) is 23.4. The van der Waals surface area contributed by atoms with E-state index in [1.54, 1.807) is 4.90 Å². The Bertz CT molecular complexity index is 1170. The highest BCUT2D eigenvalue weighted by Gasteiger charge is 2.35. The maximum Gasteiger partial charge on any atom is 0.229 e. The number of hydrogen-bond donors (Lipinski definition) is 3. The van der Waals surface area contributed by atoms with E-state index in [4.69, 9.17) is 0 Å². The molecular formula is C24H25BrN6O2. The van der Waals surface area contributed by atoms with Gasteiger partial charge in [-0.15, -0.1) is 0 Å². The van der Waals surface area contributed by atoms with Crippen LogP contribution in [0.2, 0.25) is 0 Å². The first-order chi connectivity index (χ1) is 15.9. The number of nitrogens with zero attached hydrogens (tertiary/aromatic N) is 3. The molecule has 4 rings (SSSR count). The summed E-state index contributed by atoms with van der Waals surface area (Å²) >= 11 is 3.43. The van der Waals surface area contributed by atoms with E-state index < -0.39 is 5.92 Å². The number of benzene rings is 2. The lowest BCUT2D eigenvalue weighted by Crippen LogP contribution is -2.28. The smallest absolute Gasteiger partial charge is 0.229 e. The maximum atomic E-state index is 12.8. The SMILES string of the molecule is CCNc1cc(Nc2ccc(NC(=O)C3CC(=O)N(c4cccc(Br)c4)C3)cc2)nc(C)n1. The molecule has 1 fully saturated rings. The minimum absolute atomic E-state index is 0.0510. The number of nitrogens with one attached hydrogen (secondary N) is 3. The van der Waals surface area contributed by atoms with Gasteiger partial charge < -0.3 is 20.9 Å². The molecule has 170 valence electrons. The van der Waals surface area contributed by atoms with Gasteiger partial charge >= 0.3 is 0 Å². The van der Waals surface area contributed by atoms with Crippen molar-refractivity contribution in [2.24, 2.45) is 5.92 Å². The topological polar surface area (TPSA) is 99.2 Å². The maximum absolute atomic E-state index is 12.8. The summed E-state index contributed by atoms with van der Waals surface area (Å²) in [5.41, 5.74) is 2.30. The number of rotatable bonds is 7. The summed E-state index contributed by atoms with van der Waals surface area (Å²) in [5.74, 6) is 1.51. The predicted molar refractivity (Wildman–Crippen MR) is 134 cm³/mol. The van der Waals surface area contributed by atoms with E-state index in [9.17, 15) is 9.59 Å². The van der Waals surface area contributed by atoms with E-state index in [-0.39, 0.29) is 18.2 Å². The number of anilines is 5. The van der Waals surface area contributed by atoms with Gasteiger partial charge in [-0.05, 0) is 56.3 Å². The Hall–Kier alpha value is -3.46. The Morgan fingerprint density at radius 2 is 1.82 bits per heavy atom. The lowest BCUT2D eigenvalue weighted by atomic mass is 10.1. The monoisotopic (exact) mass is 508 g/mol. The molecule has 2 heterocycles. The zero-order valence-corrected chi connectivity index (χ0v) is 20.0. The van der Waals surface area contributed by atoms with Crippen molar-refractivity contribution < 1.29 is 9.59 Å². The molecule has 0 aliphatic carbocycles. The van der Waals surface area contributed by atoms with Gasteiger partial charge in [-0.2, -0.15) is 0 Å². The molecule has 1 unspecified atom stereocenters. The molecule has 1 saturated heterocycles. The van der Waals surface area contributed by atoms with Gasteiger partial charge in [-0.3, -0.25) is 9.59 Å². The summed E-state index contributed by atoms with van der Waals surface area (Å²) in [6, 6.07) is 16.8. The van der Waals surface area contributed by atoms with Crippen molar-refractivity contribution >= 4 is 56.4 Å². The molecule has 9 heteroatoms. The molecule has 8 nitrogen and oxygen atoms in total. The van der Waals surface area contributed by atoms with Gasteiger partial charge in [-0.25, -0.2) is 9.97 Å². The molecular weight excluding hydrogens is 484 g/mol. The Kier molecular flexibility index (Phi) is 6.88. The Balaban J connectivity index is 1.37. The molecule has 2 amide bonds. The van der Waals surface area contributed by atoms with Gasteiger partial charge in [0.25, 0.3) is 0 Å². The highest BCUT2D eigenvalue weighted by atomic mass is 79.9. The summed E-state index contributed by atoms with van der Waals surface area (Å²) in [6.45, 7) is 4.99. The average molecular weight is 509 g/mol. The summed E-state index contributed by atoms with van der Waals surface area (Å²) < 4.78 is 0.893. The van der Waals surface area contributed by atoms with E-state index in [1.807, 2.05) is 68.4 Å². The third-order valence-electron chi connectivity index (χ3n) is 5.24. The van der Waals surface area contributed by atoms with Crippen LogP contribution in [0.25, 0.3) is 0 Å². The molecule has 1 aromatic heterocycles. The highest BCUT2D eigenvalue weighted by Crippen LogP contribution is 2.28. The molecule has 0 saturated carbocycles. The minimum atomic E-state index is -0.400. The van der Waals surface area contributed by atoms with Crippen molar-refractivity contribution in [3.05, 3.63) is 64.9 Å². The first-order valence-corrected chi connectivity index (χ1v) is 11.5. The molecule has 0 radical (unpaired) electrons. The third-order valence-corrected chi connectivity index (χ3v) is 5.73. The van der Waals surface area contributed by atoms with Crippen molar-refractivity contribution in [2.75, 3.05) is 33.9 Å². The first kappa shape index (κ1) is 22.7. The molecule has 1 atom stereocenters. The number of halogens is 1. The van der Waals surface area contributed by atoms with Crippen molar-refractivity contribution in [3.63, 3.8) is 0 Å². The Labute approximate surface area is 200 Å². The molecule has 3 N–H and O–H groups in total. The second kappa shape index (κ2) is 9.99. The second-order valence-electron chi connectivity index (χ2n) is 7.79. The predicted octanol–water partition coefficient (Wildman–Crippen LogP) is 4.71. The molecule has 0 bridgehead atoms. The second-order valence-corrected chi connectivity index (χ2v) is 8.71. The number of aryl methyl sites for hydroxylation is 1. The summed E-state index contributed by atoms with van der Waals surface area (Å²) in [6.07, 6.45) is 0.194. The van der Waals surface area contributed by atoms with Crippen molar-refractivity contribution in [1.29, 1.82) is 0 Å². The van der Waals surface area contributed by atoms with Crippen molar-refractivity contribution in [3.8, 4) is 0 Å². The van der Waals surface area contributed by atoms with Gasteiger partial charge in [-0.1, -0.05) is 22.0 Å². The van der Waals surface area contributed by atoms with Gasteiger partial charge in [0, 0.05) is 47.1 Å². The number of carbonyl (C=O) groups is 2. The summed E-state index contributed by atoms with van der Waals surface area (Å²) in [7, 11) is 0. The lowest BCUT2D eigenvalue weighted by molar-refractivity contribution is -0.122. The summed E-state index contributed by atoms with van der Waals surface area (Å²) in [5, 5.41) is 9.36. The van der Waals surface area contributed by atoms with Gasteiger partial charge in [0.1, 0.15) is 17.5 Å². The lowest BCUT2D eigenvalue weighted by Gasteiger charge is -2.17. The fourth-order valence-electron chi connectivity index (χ4n) is 3.71. The van der Waals surface area contributed by atoms with E-state index >= 15 is 0 Å². The fourth-order valence-corrected chi connectivity index (χ4v) is 4.10. The normalized spacial score (nSPS) is 15.4. The van der Waals surface area contributed by atoms with E-state index in [2.05, 4.69) is 41.8 Å². The Morgan fingerprint density at radius 3 is 2.55 bits per heavy atom. The van der Waals surface area contributed by atoms with Gasteiger partial charge in [0.05, 0.1) is 5.92 Å². The molecule has 1 aliphatic heterocycles. The molecule has 2 aromatic carbocycles. The van der Waals surface area contributed by atoms with Crippen LogP contribution < -0.4 is 20.9 Å². The van der Waals surface area contributed by atoms with E-state index in [1.165, 1.54) is 0 Å². The number of hydrogen-bond acceptors (Lipinski definition) is 6. The van der Waals surface area contributed by atoms with Crippen LogP contribution in [0, 0.1) is 12.8 Å². The Morgan fingerprint density at radius 1 is 1.09 bits per heavy atom. The standard InChI is InChI=1S/C24H25BrN6O2/c1-3-26-21-13-22(28-15(2)27-21)29-18-7-9-19(10-8-18)30-24(33)16-11-23(32)31(14-16)20-6-4-5-17(25)12-20/h4-10,12-13,16H,3,11,14H2,1-2H3,(H,30,33)(H2,26,27,28,29). The van der Waals surface area contributed by atoms with Crippen LogP contribution >= 0.6 is 15.9 Å². The number of carbonyl (C=O) groups excluding carboxylic acids is 2. The fraction of sp³-hybridized carbons (Fsp3) is 0.250. The van der Waals surface area contributed by atoms with Crippen LogP contribution in [-0.2, 0) is 9.59 Å². The molecule has 3 aromatic rings. The van der Waals surface area contributed by atoms with Crippen LogP contribution in [0.3, 0.4) is 0 Å². The molecule has 0 spiro atoms. The van der Waals surface area contributed by atoms with Gasteiger partial charge in [0.15, 0.2) is 0 Å². The van der Waals surface area contributed by atoms with Gasteiger partial charge in [0.2, 0.25) is 11.8 Å². The van der Waals surface area contributed by atoms with Crippen LogP contribution in [0.5, 0.6) is 0 Å². The van der Waals surface area contributed by atoms with E-state index in [0.29, 0.717) is 23.9 Å². The first-order valence-electron chi connectivity index (χ1n) is 10.7. The number of amides is 2. The van der Waals surface area contributed by atoms with Crippen molar-refractivity contribution in [1.82, 2.24) is 9.97 Å². The third kappa shape index (κ3) is 5.67. The molecule has 33 heavy (non-hydrogen) atoms. The van der Waals surface area contributed by atoms with Crippen LogP contribution in [0.4, 0.5) is 28.7 Å². The minimum Gasteiger partial charge on any atom is -0.370 e. The highest BCUT2D eigenvalue weighted by molar-refractivity contribution is 9.10. The largest absolute Gasteiger partial charge is 0.370 e.